The molecule has 1 aliphatic rings. The molecular formula is C45H27N5. The number of benzene rings is 6. The number of nitriles is 3. The molecule has 9 rings (SSSR count). The summed E-state index contributed by atoms with van der Waals surface area (Å²) in [6.45, 7) is 0. The predicted octanol–water partition coefficient (Wildman–Crippen LogP) is 10.7. The molecule has 0 N–H and O–H groups in total. The Hall–Kier alpha value is -7.13. The molecular weight excluding hydrogens is 611 g/mol. The molecule has 0 fully saturated rings. The lowest BCUT2D eigenvalue weighted by molar-refractivity contribution is 0.871. The first-order valence-corrected chi connectivity index (χ1v) is 16.6. The van der Waals surface area contributed by atoms with Crippen LogP contribution in [0.2, 0.25) is 0 Å². The lowest BCUT2D eigenvalue weighted by atomic mass is 9.96. The van der Waals surface area contributed by atoms with Crippen LogP contribution in [0, 0.1) is 34.0 Å². The van der Waals surface area contributed by atoms with E-state index in [-0.39, 0.29) is 0 Å². The largest absolute Gasteiger partial charge is 0.313 e. The van der Waals surface area contributed by atoms with Gasteiger partial charge in [-0.3, -0.25) is 0 Å². The molecule has 0 amide bonds. The molecule has 0 bridgehead atoms. The zero-order valence-electron chi connectivity index (χ0n) is 26.9. The summed E-state index contributed by atoms with van der Waals surface area (Å²) >= 11 is 0. The van der Waals surface area contributed by atoms with Crippen LogP contribution in [-0.2, 0) is 6.42 Å². The van der Waals surface area contributed by atoms with Crippen LogP contribution in [0.15, 0.2) is 139 Å². The van der Waals surface area contributed by atoms with Gasteiger partial charge in [0.15, 0.2) is 0 Å². The van der Waals surface area contributed by atoms with Gasteiger partial charge in [0.25, 0.3) is 0 Å². The van der Waals surface area contributed by atoms with Gasteiger partial charge >= 0.3 is 0 Å². The number of rotatable bonds is 4. The van der Waals surface area contributed by atoms with Crippen LogP contribution in [-0.4, -0.2) is 9.13 Å². The maximum Gasteiger partial charge on any atom is 0.0991 e. The van der Waals surface area contributed by atoms with Crippen molar-refractivity contribution < 1.29 is 0 Å². The van der Waals surface area contributed by atoms with E-state index in [0.29, 0.717) is 11.1 Å². The van der Waals surface area contributed by atoms with E-state index >= 15 is 0 Å². The second-order valence-corrected chi connectivity index (χ2v) is 12.7. The lowest BCUT2D eigenvalue weighted by Crippen LogP contribution is -2.04. The zero-order chi connectivity index (χ0) is 33.8. The smallest absolute Gasteiger partial charge is 0.0991 e. The number of hydrogen-bond donors (Lipinski definition) is 0. The Kier molecular flexibility index (Phi) is 6.70. The van der Waals surface area contributed by atoms with Crippen LogP contribution in [0.1, 0.15) is 28.8 Å². The van der Waals surface area contributed by atoms with Crippen LogP contribution >= 0.6 is 0 Å². The van der Waals surface area contributed by atoms with Crippen molar-refractivity contribution in [3.8, 4) is 51.8 Å². The van der Waals surface area contributed by atoms with Gasteiger partial charge in [-0.1, -0.05) is 66.7 Å². The van der Waals surface area contributed by atoms with Crippen molar-refractivity contribution in [1.29, 1.82) is 15.8 Å². The van der Waals surface area contributed by atoms with Gasteiger partial charge in [0.2, 0.25) is 0 Å². The van der Waals surface area contributed by atoms with E-state index < -0.39 is 0 Å². The highest BCUT2D eigenvalue weighted by atomic mass is 15.0. The Morgan fingerprint density at radius 2 is 1.16 bits per heavy atom. The van der Waals surface area contributed by atoms with Gasteiger partial charge in [0.1, 0.15) is 0 Å². The third-order valence-corrected chi connectivity index (χ3v) is 9.91. The SMILES string of the molecule is N#CC1=Cc2c(n(-c3ccc(-c4cccc(-c5cc(C#N)ccc5-n5c6ccccc6c6cc(C#N)ccc65)c4)cc3)c3ccccc23)CC1. The van der Waals surface area contributed by atoms with Crippen LogP contribution in [0.25, 0.3) is 72.4 Å². The van der Waals surface area contributed by atoms with Crippen molar-refractivity contribution in [2.45, 2.75) is 12.8 Å². The second kappa shape index (κ2) is 11.5. The summed E-state index contributed by atoms with van der Waals surface area (Å²) < 4.78 is 4.57. The highest BCUT2D eigenvalue weighted by Gasteiger charge is 2.21. The summed E-state index contributed by atoms with van der Waals surface area (Å²) in [6.07, 6.45) is 3.62. The van der Waals surface area contributed by atoms with Gasteiger partial charge in [-0.2, -0.15) is 15.8 Å². The van der Waals surface area contributed by atoms with Gasteiger partial charge in [-0.15, -0.1) is 0 Å². The minimum absolute atomic E-state index is 0.588. The molecule has 1 aliphatic carbocycles. The number of aromatic nitrogens is 2. The predicted molar refractivity (Wildman–Crippen MR) is 200 cm³/mol. The molecule has 0 atom stereocenters. The molecule has 5 heteroatoms. The van der Waals surface area contributed by atoms with Crippen LogP contribution in [0.4, 0.5) is 0 Å². The van der Waals surface area contributed by atoms with E-state index in [1.807, 2.05) is 48.5 Å². The number of para-hydroxylation sites is 2. The van der Waals surface area contributed by atoms with Crippen molar-refractivity contribution in [2.24, 2.45) is 0 Å². The highest BCUT2D eigenvalue weighted by molar-refractivity contribution is 6.10. The Morgan fingerprint density at radius 3 is 1.94 bits per heavy atom. The molecule has 8 aromatic rings. The Balaban J connectivity index is 1.16. The maximum atomic E-state index is 9.93. The molecule has 0 aliphatic heterocycles. The fourth-order valence-electron chi connectivity index (χ4n) is 7.61. The highest BCUT2D eigenvalue weighted by Crippen LogP contribution is 2.39. The first-order chi connectivity index (χ1) is 24.6. The second-order valence-electron chi connectivity index (χ2n) is 12.7. The molecule has 2 aromatic heterocycles. The summed E-state index contributed by atoms with van der Waals surface area (Å²) in [5.74, 6) is 0. The molecule has 0 unspecified atom stereocenters. The van der Waals surface area contributed by atoms with E-state index in [1.54, 1.807) is 0 Å². The summed E-state index contributed by atoms with van der Waals surface area (Å²) in [5.41, 5.74) is 13.8. The number of hydrogen-bond acceptors (Lipinski definition) is 3. The molecule has 2 heterocycles. The van der Waals surface area contributed by atoms with Crippen LogP contribution in [0.3, 0.4) is 0 Å². The molecule has 0 radical (unpaired) electrons. The zero-order valence-corrected chi connectivity index (χ0v) is 26.9. The summed E-state index contributed by atoms with van der Waals surface area (Å²) in [5, 5.41) is 32.4. The topological polar surface area (TPSA) is 81.2 Å². The Morgan fingerprint density at radius 1 is 0.480 bits per heavy atom. The quantitative estimate of drug-likeness (QED) is 0.193. The molecule has 6 aromatic carbocycles. The maximum absolute atomic E-state index is 9.93. The van der Waals surface area contributed by atoms with Crippen molar-refractivity contribution >= 4 is 38.8 Å². The van der Waals surface area contributed by atoms with Gasteiger partial charge in [-0.25, -0.2) is 0 Å². The third kappa shape index (κ3) is 4.52. The van der Waals surface area contributed by atoms with E-state index in [9.17, 15) is 15.8 Å². The first-order valence-electron chi connectivity index (χ1n) is 16.6. The van der Waals surface area contributed by atoms with Gasteiger partial charge in [-0.05, 0) is 102 Å². The van der Waals surface area contributed by atoms with Gasteiger partial charge in [0, 0.05) is 44.2 Å². The van der Waals surface area contributed by atoms with Crippen molar-refractivity contribution in [3.63, 3.8) is 0 Å². The molecule has 0 saturated heterocycles. The van der Waals surface area contributed by atoms with Crippen LogP contribution in [0.5, 0.6) is 0 Å². The van der Waals surface area contributed by atoms with Crippen molar-refractivity contribution in [2.75, 3.05) is 0 Å². The molecule has 0 saturated carbocycles. The monoisotopic (exact) mass is 637 g/mol. The Bertz CT molecular complexity index is 2840. The standard InChI is InChI=1S/C45H27N5/c46-26-29-12-19-43(50-42-11-4-2-9-37(42)40-24-31(28-48)14-21-45(40)50)38(22-29)34-7-5-6-33(25-34)32-15-17-35(18-16-32)49-41-10-3-1-8-36(41)39-23-30(27-47)13-20-44(39)49/h1-12,14-19,21-25H,13,20H2. The fraction of sp³-hybridized carbons (Fsp3) is 0.0444. The van der Waals surface area contributed by atoms with E-state index in [0.717, 1.165) is 90.3 Å². The summed E-state index contributed by atoms with van der Waals surface area (Å²) in [7, 11) is 0. The van der Waals surface area contributed by atoms with E-state index in [1.165, 1.54) is 5.69 Å². The number of allylic oxidation sites excluding steroid dienone is 1. The van der Waals surface area contributed by atoms with Crippen LogP contribution < -0.4 is 0 Å². The third-order valence-electron chi connectivity index (χ3n) is 9.91. The first kappa shape index (κ1) is 29.0. The lowest BCUT2D eigenvalue weighted by Gasteiger charge is -2.16. The van der Waals surface area contributed by atoms with E-state index in [4.69, 9.17) is 0 Å². The molecule has 50 heavy (non-hydrogen) atoms. The fourth-order valence-corrected chi connectivity index (χ4v) is 7.61. The summed E-state index contributed by atoms with van der Waals surface area (Å²) in [6, 6.07) is 52.5. The molecule has 0 spiro atoms. The average Bonchev–Trinajstić information content (AvgIpc) is 3.69. The van der Waals surface area contributed by atoms with Gasteiger partial charge < -0.3 is 9.13 Å². The minimum Gasteiger partial charge on any atom is -0.313 e. The minimum atomic E-state index is 0.588. The molecule has 232 valence electrons. The van der Waals surface area contributed by atoms with Gasteiger partial charge in [0.05, 0.1) is 51.6 Å². The number of fused-ring (bicyclic) bond motifs is 6. The van der Waals surface area contributed by atoms with E-state index in [2.05, 4.69) is 118 Å². The van der Waals surface area contributed by atoms with Crippen molar-refractivity contribution in [1.82, 2.24) is 9.13 Å². The summed E-state index contributed by atoms with van der Waals surface area (Å²) in [4.78, 5) is 0. The van der Waals surface area contributed by atoms with Crippen molar-refractivity contribution in [3.05, 3.63) is 161 Å². The normalized spacial score (nSPS) is 12.3. The number of nitrogens with zero attached hydrogens (tertiary/aromatic N) is 5. The molecule has 5 nitrogen and oxygen atoms in total. The Labute approximate surface area is 289 Å². The average molecular weight is 638 g/mol.